The lowest BCUT2D eigenvalue weighted by molar-refractivity contribution is -0.133. The number of nitrogens with zero attached hydrogens (tertiary/aromatic N) is 2. The van der Waals surface area contributed by atoms with Crippen molar-refractivity contribution in [3.05, 3.63) is 29.3 Å². The molecule has 1 aromatic rings. The molecule has 0 aromatic heterocycles. The molecule has 104 valence electrons. The molecule has 0 saturated carbocycles. The molecule has 1 amide bonds. The van der Waals surface area contributed by atoms with Gasteiger partial charge >= 0.3 is 0 Å². The largest absolute Gasteiger partial charge is 0.358 e. The number of aryl methyl sites for hydroxylation is 2. The average molecular weight is 261 g/mol. The Morgan fingerprint density at radius 2 is 2.00 bits per heavy atom. The second-order valence-electron chi connectivity index (χ2n) is 5.31. The van der Waals surface area contributed by atoms with Crippen molar-refractivity contribution >= 4 is 11.6 Å². The fourth-order valence-electron chi connectivity index (χ4n) is 2.56. The van der Waals surface area contributed by atoms with E-state index in [2.05, 4.69) is 36.9 Å². The molecule has 1 aliphatic heterocycles. The quantitative estimate of drug-likeness (QED) is 0.892. The Bertz CT molecular complexity index is 472. The zero-order valence-electron chi connectivity index (χ0n) is 12.0. The molecule has 2 N–H and O–H groups in total. The predicted molar refractivity (Wildman–Crippen MR) is 78.4 cm³/mol. The van der Waals surface area contributed by atoms with Crippen LogP contribution in [0, 0.1) is 13.8 Å². The van der Waals surface area contributed by atoms with Gasteiger partial charge in [0.15, 0.2) is 0 Å². The van der Waals surface area contributed by atoms with Crippen LogP contribution in [0.25, 0.3) is 0 Å². The van der Waals surface area contributed by atoms with Crippen LogP contribution < -0.4 is 10.6 Å². The van der Waals surface area contributed by atoms with Gasteiger partial charge in [-0.05, 0) is 50.1 Å². The van der Waals surface area contributed by atoms with Crippen molar-refractivity contribution in [2.75, 3.05) is 31.6 Å². The van der Waals surface area contributed by atoms with E-state index in [4.69, 9.17) is 5.73 Å². The average Bonchev–Trinajstić information content (AvgIpc) is 2.39. The summed E-state index contributed by atoms with van der Waals surface area (Å²) in [5, 5.41) is 0. The Balaban J connectivity index is 2.30. The molecule has 1 heterocycles. The first-order valence-electron chi connectivity index (χ1n) is 6.83. The molecule has 0 aliphatic carbocycles. The number of piperazine rings is 1. The number of hydrogen-bond acceptors (Lipinski definition) is 3. The zero-order valence-corrected chi connectivity index (χ0v) is 12.0. The number of amides is 1. The van der Waals surface area contributed by atoms with E-state index < -0.39 is 0 Å². The minimum atomic E-state index is -0.120. The number of benzene rings is 1. The lowest BCUT2D eigenvalue weighted by Gasteiger charge is -2.40. The van der Waals surface area contributed by atoms with E-state index in [0.29, 0.717) is 13.0 Å². The molecule has 4 heteroatoms. The summed E-state index contributed by atoms with van der Waals surface area (Å²) in [4.78, 5) is 16.3. The summed E-state index contributed by atoms with van der Waals surface area (Å²) in [7, 11) is 1.86. The monoisotopic (exact) mass is 261 g/mol. The first-order valence-corrected chi connectivity index (χ1v) is 6.83. The molecule has 1 aliphatic rings. The number of rotatable bonds is 3. The summed E-state index contributed by atoms with van der Waals surface area (Å²) >= 11 is 0. The van der Waals surface area contributed by atoms with Crippen molar-refractivity contribution in [2.45, 2.75) is 26.3 Å². The molecule has 1 unspecified atom stereocenters. The highest BCUT2D eigenvalue weighted by atomic mass is 16.2. The Morgan fingerprint density at radius 1 is 1.26 bits per heavy atom. The van der Waals surface area contributed by atoms with Crippen molar-refractivity contribution < 1.29 is 4.79 Å². The summed E-state index contributed by atoms with van der Waals surface area (Å²) in [5.41, 5.74) is 9.33. The van der Waals surface area contributed by atoms with Gasteiger partial charge in [0.25, 0.3) is 0 Å². The van der Waals surface area contributed by atoms with Crippen LogP contribution in [0.2, 0.25) is 0 Å². The van der Waals surface area contributed by atoms with Crippen LogP contribution in [0.4, 0.5) is 5.69 Å². The van der Waals surface area contributed by atoms with E-state index in [1.807, 2.05) is 7.05 Å². The molecule has 0 bridgehead atoms. The molecule has 19 heavy (non-hydrogen) atoms. The highest BCUT2D eigenvalue weighted by Gasteiger charge is 2.32. The summed E-state index contributed by atoms with van der Waals surface area (Å²) < 4.78 is 0. The molecule has 1 fully saturated rings. The van der Waals surface area contributed by atoms with Gasteiger partial charge in [-0.2, -0.15) is 0 Å². The molecule has 0 spiro atoms. The number of carbonyl (C=O) groups excluding carboxylic acids is 1. The minimum Gasteiger partial charge on any atom is -0.358 e. The Kier molecular flexibility index (Phi) is 4.10. The zero-order chi connectivity index (χ0) is 14.0. The van der Waals surface area contributed by atoms with E-state index in [0.717, 1.165) is 18.8 Å². The number of carbonyl (C=O) groups is 1. The summed E-state index contributed by atoms with van der Waals surface area (Å²) in [5.74, 6) is 0.176. The van der Waals surface area contributed by atoms with Crippen LogP contribution in [-0.2, 0) is 4.79 Å². The van der Waals surface area contributed by atoms with Crippen molar-refractivity contribution in [1.29, 1.82) is 0 Å². The highest BCUT2D eigenvalue weighted by molar-refractivity contribution is 5.86. The standard InChI is InChI=1S/C15H23N3O/c1-11-4-5-13(10-12(11)2)18-9-8-17(3)15(19)14(18)6-7-16/h4-5,10,14H,6-9,16H2,1-3H3. The molecule has 1 atom stereocenters. The molecule has 2 rings (SSSR count). The van der Waals surface area contributed by atoms with Crippen LogP contribution in [0.1, 0.15) is 17.5 Å². The summed E-state index contributed by atoms with van der Waals surface area (Å²) in [6.07, 6.45) is 0.704. The van der Waals surface area contributed by atoms with Crippen molar-refractivity contribution in [3.63, 3.8) is 0 Å². The third-order valence-corrected chi connectivity index (χ3v) is 3.98. The van der Waals surface area contributed by atoms with E-state index >= 15 is 0 Å². The number of nitrogens with two attached hydrogens (primary N) is 1. The van der Waals surface area contributed by atoms with Gasteiger partial charge < -0.3 is 15.5 Å². The lowest BCUT2D eigenvalue weighted by atomic mass is 10.0. The molecule has 1 saturated heterocycles. The normalized spacial score (nSPS) is 20.0. The van der Waals surface area contributed by atoms with E-state index in [1.54, 1.807) is 4.90 Å². The van der Waals surface area contributed by atoms with Crippen molar-refractivity contribution in [1.82, 2.24) is 4.90 Å². The fraction of sp³-hybridized carbons (Fsp3) is 0.533. The van der Waals surface area contributed by atoms with Crippen molar-refractivity contribution in [3.8, 4) is 0 Å². The van der Waals surface area contributed by atoms with Gasteiger partial charge in [-0.15, -0.1) is 0 Å². The highest BCUT2D eigenvalue weighted by Crippen LogP contribution is 2.24. The minimum absolute atomic E-state index is 0.120. The third kappa shape index (κ3) is 2.73. The molecule has 1 aromatic carbocycles. The molecule has 4 nitrogen and oxygen atoms in total. The second kappa shape index (κ2) is 5.61. The van der Waals surface area contributed by atoms with Gasteiger partial charge in [-0.25, -0.2) is 0 Å². The number of anilines is 1. The summed E-state index contributed by atoms with van der Waals surface area (Å²) in [6, 6.07) is 6.26. The summed E-state index contributed by atoms with van der Waals surface area (Å²) in [6.45, 7) is 6.38. The van der Waals surface area contributed by atoms with Gasteiger partial charge in [0.2, 0.25) is 5.91 Å². The number of hydrogen-bond donors (Lipinski definition) is 1. The maximum absolute atomic E-state index is 12.3. The first kappa shape index (κ1) is 13.9. The van der Waals surface area contributed by atoms with Gasteiger partial charge in [-0.1, -0.05) is 6.07 Å². The Hall–Kier alpha value is -1.55. The predicted octanol–water partition coefficient (Wildman–Crippen LogP) is 1.30. The first-order chi connectivity index (χ1) is 9.04. The van der Waals surface area contributed by atoms with Crippen LogP contribution in [-0.4, -0.2) is 43.5 Å². The maximum Gasteiger partial charge on any atom is 0.245 e. The van der Waals surface area contributed by atoms with Gasteiger partial charge in [0.05, 0.1) is 0 Å². The third-order valence-electron chi connectivity index (χ3n) is 3.98. The molecular weight excluding hydrogens is 238 g/mol. The molecular formula is C15H23N3O. The fourth-order valence-corrected chi connectivity index (χ4v) is 2.56. The van der Waals surface area contributed by atoms with E-state index in [9.17, 15) is 4.79 Å². The Labute approximate surface area is 115 Å². The van der Waals surface area contributed by atoms with E-state index in [1.165, 1.54) is 11.1 Å². The van der Waals surface area contributed by atoms with E-state index in [-0.39, 0.29) is 11.9 Å². The Morgan fingerprint density at radius 3 is 2.63 bits per heavy atom. The lowest BCUT2D eigenvalue weighted by Crippen LogP contribution is -2.56. The van der Waals surface area contributed by atoms with Crippen LogP contribution >= 0.6 is 0 Å². The van der Waals surface area contributed by atoms with Gasteiger partial charge in [0, 0.05) is 25.8 Å². The van der Waals surface area contributed by atoms with Crippen LogP contribution in [0.3, 0.4) is 0 Å². The van der Waals surface area contributed by atoms with Crippen LogP contribution in [0.15, 0.2) is 18.2 Å². The van der Waals surface area contributed by atoms with Crippen molar-refractivity contribution in [2.24, 2.45) is 5.73 Å². The smallest absolute Gasteiger partial charge is 0.245 e. The van der Waals surface area contributed by atoms with Crippen LogP contribution in [0.5, 0.6) is 0 Å². The van der Waals surface area contributed by atoms with Gasteiger partial charge in [-0.3, -0.25) is 4.79 Å². The second-order valence-corrected chi connectivity index (χ2v) is 5.31. The maximum atomic E-state index is 12.3. The van der Waals surface area contributed by atoms with Gasteiger partial charge in [0.1, 0.15) is 6.04 Å². The number of likely N-dealkylation sites (N-methyl/N-ethyl adjacent to an activating group) is 1. The topological polar surface area (TPSA) is 49.6 Å². The molecule has 0 radical (unpaired) electrons. The SMILES string of the molecule is Cc1ccc(N2CCN(C)C(=O)C2CCN)cc1C.